The van der Waals surface area contributed by atoms with Crippen molar-refractivity contribution in [3.63, 3.8) is 0 Å². The third-order valence-electron chi connectivity index (χ3n) is 7.42. The van der Waals surface area contributed by atoms with E-state index in [1.165, 1.54) is 24.2 Å². The maximum absolute atomic E-state index is 13.3. The van der Waals surface area contributed by atoms with Gasteiger partial charge < -0.3 is 19.7 Å². The Morgan fingerprint density at radius 2 is 1.71 bits per heavy atom. The van der Waals surface area contributed by atoms with Crippen molar-refractivity contribution in [2.75, 3.05) is 36.9 Å². The number of nitrogens with one attached hydrogen (secondary N) is 1. The van der Waals surface area contributed by atoms with Crippen LogP contribution in [0.3, 0.4) is 0 Å². The molecule has 0 aliphatic carbocycles. The molecular formula is C29H30N4O. The fourth-order valence-electron chi connectivity index (χ4n) is 5.77. The van der Waals surface area contributed by atoms with Gasteiger partial charge in [0.2, 0.25) is 0 Å². The highest BCUT2D eigenvalue weighted by molar-refractivity contribution is 6.13. The average Bonchev–Trinajstić information content (AvgIpc) is 3.53. The number of benzene rings is 3. The molecule has 2 atom stereocenters. The van der Waals surface area contributed by atoms with Gasteiger partial charge in [0.25, 0.3) is 5.91 Å². The van der Waals surface area contributed by atoms with Crippen molar-refractivity contribution in [3.05, 3.63) is 96.2 Å². The van der Waals surface area contributed by atoms with Crippen molar-refractivity contribution in [2.24, 2.45) is 5.92 Å². The second kappa shape index (κ2) is 8.65. The summed E-state index contributed by atoms with van der Waals surface area (Å²) in [6, 6.07) is 27.4. The first-order chi connectivity index (χ1) is 16.7. The third kappa shape index (κ3) is 3.86. The number of fused-ring (bicyclic) bond motifs is 2. The molecule has 2 saturated heterocycles. The molecule has 2 aliphatic heterocycles. The van der Waals surface area contributed by atoms with E-state index in [2.05, 4.69) is 57.1 Å². The maximum atomic E-state index is 13.3. The van der Waals surface area contributed by atoms with Crippen LogP contribution in [0.2, 0.25) is 0 Å². The molecule has 6 rings (SSSR count). The molecule has 5 nitrogen and oxygen atoms in total. The Labute approximate surface area is 200 Å². The standard InChI is InChI=1S/C29H30N4O/c1-31-18-22-15-16-33(28(22)20-31)24-13-11-23(12-14-24)30-29(34)26-19-32(17-21-7-3-2-4-8-21)27-10-6-5-9-25(26)27/h2-14,19,22,28H,15-18,20H2,1H3,(H,30,34)/t22-,28+/m0/s1. The Morgan fingerprint density at radius 3 is 2.53 bits per heavy atom. The van der Waals surface area contributed by atoms with E-state index < -0.39 is 0 Å². The largest absolute Gasteiger partial charge is 0.367 e. The quantitative estimate of drug-likeness (QED) is 0.461. The predicted octanol–water partition coefficient (Wildman–Crippen LogP) is 5.08. The minimum absolute atomic E-state index is 0.0746. The highest BCUT2D eigenvalue weighted by Crippen LogP contribution is 2.35. The van der Waals surface area contributed by atoms with E-state index in [-0.39, 0.29) is 5.91 Å². The van der Waals surface area contributed by atoms with Gasteiger partial charge in [0.1, 0.15) is 0 Å². The van der Waals surface area contributed by atoms with E-state index in [0.29, 0.717) is 11.6 Å². The fourth-order valence-corrected chi connectivity index (χ4v) is 5.77. The van der Waals surface area contributed by atoms with Crippen molar-refractivity contribution in [2.45, 2.75) is 19.0 Å². The lowest BCUT2D eigenvalue weighted by molar-refractivity contribution is 0.102. The van der Waals surface area contributed by atoms with Crippen molar-refractivity contribution in [3.8, 4) is 0 Å². The normalized spacial score (nSPS) is 20.1. The molecular weight excluding hydrogens is 420 g/mol. The number of hydrogen-bond donors (Lipinski definition) is 1. The summed E-state index contributed by atoms with van der Waals surface area (Å²) in [6.07, 6.45) is 3.24. The summed E-state index contributed by atoms with van der Waals surface area (Å²) in [4.78, 5) is 18.3. The van der Waals surface area contributed by atoms with Gasteiger partial charge >= 0.3 is 0 Å². The van der Waals surface area contributed by atoms with Crippen molar-refractivity contribution in [1.29, 1.82) is 0 Å². The lowest BCUT2D eigenvalue weighted by atomic mass is 10.0. The molecule has 4 aromatic rings. The van der Waals surface area contributed by atoms with E-state index in [1.54, 1.807) is 0 Å². The number of rotatable bonds is 5. The van der Waals surface area contributed by atoms with E-state index in [4.69, 9.17) is 0 Å². The number of nitrogens with zero attached hydrogens (tertiary/aromatic N) is 3. The van der Waals surface area contributed by atoms with E-state index >= 15 is 0 Å². The minimum Gasteiger partial charge on any atom is -0.367 e. The topological polar surface area (TPSA) is 40.5 Å². The van der Waals surface area contributed by atoms with Crippen LogP contribution in [0.4, 0.5) is 11.4 Å². The SMILES string of the molecule is CN1C[C@@H]2CCN(c3ccc(NC(=O)c4cn(Cc5ccccc5)c5ccccc45)cc3)[C@@H]2C1. The number of para-hydroxylation sites is 1. The molecule has 1 amide bonds. The predicted molar refractivity (Wildman–Crippen MR) is 139 cm³/mol. The molecule has 0 unspecified atom stereocenters. The summed E-state index contributed by atoms with van der Waals surface area (Å²) in [6.45, 7) is 4.19. The molecule has 0 radical (unpaired) electrons. The molecule has 2 fully saturated rings. The van der Waals surface area contributed by atoms with E-state index in [1.807, 2.05) is 54.7 Å². The van der Waals surface area contributed by atoms with Crippen LogP contribution in [0.1, 0.15) is 22.3 Å². The summed E-state index contributed by atoms with van der Waals surface area (Å²) in [5.41, 5.74) is 5.06. The van der Waals surface area contributed by atoms with Crippen LogP contribution in [0.15, 0.2) is 85.1 Å². The number of amides is 1. The monoisotopic (exact) mass is 450 g/mol. The van der Waals surface area contributed by atoms with Gasteiger partial charge in [-0.15, -0.1) is 0 Å². The lowest BCUT2D eigenvalue weighted by Crippen LogP contribution is -2.34. The zero-order chi connectivity index (χ0) is 23.1. The van der Waals surface area contributed by atoms with Crippen LogP contribution in [0.25, 0.3) is 10.9 Å². The van der Waals surface area contributed by atoms with Crippen molar-refractivity contribution >= 4 is 28.2 Å². The van der Waals surface area contributed by atoms with Gasteiger partial charge in [-0.25, -0.2) is 0 Å². The molecule has 172 valence electrons. The molecule has 34 heavy (non-hydrogen) atoms. The molecule has 3 aromatic carbocycles. The van der Waals surface area contributed by atoms with Crippen molar-refractivity contribution in [1.82, 2.24) is 9.47 Å². The fraction of sp³-hybridized carbons (Fsp3) is 0.276. The maximum Gasteiger partial charge on any atom is 0.257 e. The van der Waals surface area contributed by atoms with Crippen LogP contribution >= 0.6 is 0 Å². The number of carbonyl (C=O) groups excluding carboxylic acids is 1. The van der Waals surface area contributed by atoms with Gasteiger partial charge in [0.15, 0.2) is 0 Å². The summed E-state index contributed by atoms with van der Waals surface area (Å²) < 4.78 is 2.16. The number of likely N-dealkylation sites (tertiary alicyclic amines) is 1. The molecule has 1 N–H and O–H groups in total. The van der Waals surface area contributed by atoms with E-state index in [9.17, 15) is 4.79 Å². The van der Waals surface area contributed by atoms with Crippen LogP contribution in [0, 0.1) is 5.92 Å². The third-order valence-corrected chi connectivity index (χ3v) is 7.42. The number of likely N-dealkylation sites (N-methyl/N-ethyl adjacent to an activating group) is 1. The summed E-state index contributed by atoms with van der Waals surface area (Å²) in [5.74, 6) is 0.701. The van der Waals surface area contributed by atoms with Gasteiger partial charge in [-0.2, -0.15) is 0 Å². The van der Waals surface area contributed by atoms with Gasteiger partial charge in [-0.05, 0) is 55.3 Å². The number of anilines is 2. The van der Waals surface area contributed by atoms with Gasteiger partial charge in [-0.1, -0.05) is 48.5 Å². The van der Waals surface area contributed by atoms with Crippen LogP contribution in [0.5, 0.6) is 0 Å². The van der Waals surface area contributed by atoms with Crippen LogP contribution < -0.4 is 10.2 Å². The molecule has 0 bridgehead atoms. The molecule has 2 aliphatic rings. The Morgan fingerprint density at radius 1 is 0.941 bits per heavy atom. The molecule has 1 aromatic heterocycles. The average molecular weight is 451 g/mol. The first-order valence-corrected chi connectivity index (χ1v) is 12.1. The van der Waals surface area contributed by atoms with Gasteiger partial charge in [-0.3, -0.25) is 4.79 Å². The molecule has 3 heterocycles. The number of aromatic nitrogens is 1. The zero-order valence-corrected chi connectivity index (χ0v) is 19.5. The first-order valence-electron chi connectivity index (χ1n) is 12.1. The highest BCUT2D eigenvalue weighted by Gasteiger charge is 2.39. The lowest BCUT2D eigenvalue weighted by Gasteiger charge is -2.26. The van der Waals surface area contributed by atoms with E-state index in [0.717, 1.165) is 42.1 Å². The Kier molecular flexibility index (Phi) is 5.34. The Balaban J connectivity index is 1.21. The zero-order valence-electron chi connectivity index (χ0n) is 19.5. The van der Waals surface area contributed by atoms with Crippen LogP contribution in [-0.2, 0) is 6.54 Å². The smallest absolute Gasteiger partial charge is 0.257 e. The van der Waals surface area contributed by atoms with Crippen LogP contribution in [-0.4, -0.2) is 48.1 Å². The summed E-state index contributed by atoms with van der Waals surface area (Å²) >= 11 is 0. The highest BCUT2D eigenvalue weighted by atomic mass is 16.1. The molecule has 5 heteroatoms. The number of hydrogen-bond acceptors (Lipinski definition) is 3. The second-order valence-corrected chi connectivity index (χ2v) is 9.71. The molecule has 0 saturated carbocycles. The van der Waals surface area contributed by atoms with Gasteiger partial charge in [0.05, 0.1) is 5.56 Å². The Hall–Kier alpha value is -3.57. The summed E-state index contributed by atoms with van der Waals surface area (Å²) in [5, 5.41) is 4.09. The number of carbonyl (C=O) groups is 1. The minimum atomic E-state index is -0.0746. The summed E-state index contributed by atoms with van der Waals surface area (Å²) in [7, 11) is 2.21. The molecule has 0 spiro atoms. The Bertz CT molecular complexity index is 1310. The van der Waals surface area contributed by atoms with Gasteiger partial charge in [0, 0.05) is 60.7 Å². The second-order valence-electron chi connectivity index (χ2n) is 9.71. The van der Waals surface area contributed by atoms with Crippen molar-refractivity contribution < 1.29 is 4.79 Å². The first kappa shape index (κ1) is 21.0.